The van der Waals surface area contributed by atoms with Crippen molar-refractivity contribution in [3.05, 3.63) is 34.6 Å². The van der Waals surface area contributed by atoms with Crippen molar-refractivity contribution in [3.63, 3.8) is 0 Å². The standard InChI is InChI=1S/C12H15ClN2O/c1-9-11(6-7-12(13)15-9)5-3-4-8-14-10(2)16/h3,5-7H,4,8H2,1-2H3,(H,14,16). The maximum Gasteiger partial charge on any atom is 0.216 e. The van der Waals surface area contributed by atoms with E-state index in [2.05, 4.69) is 10.3 Å². The summed E-state index contributed by atoms with van der Waals surface area (Å²) >= 11 is 5.75. The zero-order valence-corrected chi connectivity index (χ0v) is 10.2. The Bertz CT molecular complexity index is 402. The van der Waals surface area contributed by atoms with Crippen LogP contribution in [0.5, 0.6) is 0 Å². The van der Waals surface area contributed by atoms with E-state index in [-0.39, 0.29) is 5.91 Å². The number of pyridine rings is 1. The van der Waals surface area contributed by atoms with E-state index in [9.17, 15) is 4.79 Å². The monoisotopic (exact) mass is 238 g/mol. The van der Waals surface area contributed by atoms with E-state index in [0.29, 0.717) is 11.7 Å². The minimum absolute atomic E-state index is 0.00209. The summed E-state index contributed by atoms with van der Waals surface area (Å²) in [7, 11) is 0. The fourth-order valence-electron chi connectivity index (χ4n) is 1.26. The minimum Gasteiger partial charge on any atom is -0.356 e. The van der Waals surface area contributed by atoms with Crippen molar-refractivity contribution in [2.75, 3.05) is 6.54 Å². The zero-order chi connectivity index (χ0) is 12.0. The Balaban J connectivity index is 2.47. The first-order chi connectivity index (χ1) is 7.59. The molecule has 0 aromatic carbocycles. The quantitative estimate of drug-likeness (QED) is 0.647. The van der Waals surface area contributed by atoms with Gasteiger partial charge < -0.3 is 5.32 Å². The van der Waals surface area contributed by atoms with Crippen LogP contribution < -0.4 is 5.32 Å². The second-order valence-corrected chi connectivity index (χ2v) is 3.87. The van der Waals surface area contributed by atoms with Crippen molar-refractivity contribution in [1.82, 2.24) is 10.3 Å². The predicted octanol–water partition coefficient (Wildman–Crippen LogP) is 2.58. The van der Waals surface area contributed by atoms with Crippen LogP contribution in [0.25, 0.3) is 6.08 Å². The topological polar surface area (TPSA) is 42.0 Å². The zero-order valence-electron chi connectivity index (χ0n) is 9.46. The highest BCUT2D eigenvalue weighted by Crippen LogP contribution is 2.12. The molecule has 1 N–H and O–H groups in total. The van der Waals surface area contributed by atoms with Gasteiger partial charge in [-0.15, -0.1) is 0 Å². The molecule has 0 atom stereocenters. The van der Waals surface area contributed by atoms with E-state index in [0.717, 1.165) is 17.7 Å². The molecule has 0 radical (unpaired) electrons. The number of carbonyl (C=O) groups excluding carboxylic acids is 1. The molecule has 0 aliphatic rings. The molecule has 4 heteroatoms. The molecular weight excluding hydrogens is 224 g/mol. The number of hydrogen-bond donors (Lipinski definition) is 1. The van der Waals surface area contributed by atoms with Gasteiger partial charge in [-0.3, -0.25) is 4.79 Å². The summed E-state index contributed by atoms with van der Waals surface area (Å²) in [6, 6.07) is 3.70. The first kappa shape index (κ1) is 12.7. The van der Waals surface area contributed by atoms with E-state index in [1.807, 2.05) is 25.1 Å². The van der Waals surface area contributed by atoms with Crippen LogP contribution >= 0.6 is 11.6 Å². The summed E-state index contributed by atoms with van der Waals surface area (Å²) in [6.07, 6.45) is 4.80. The second-order valence-electron chi connectivity index (χ2n) is 3.48. The summed E-state index contributed by atoms with van der Waals surface area (Å²) in [4.78, 5) is 14.8. The highest BCUT2D eigenvalue weighted by molar-refractivity contribution is 6.29. The van der Waals surface area contributed by atoms with Gasteiger partial charge in [0, 0.05) is 19.2 Å². The third-order valence-corrected chi connectivity index (χ3v) is 2.29. The first-order valence-corrected chi connectivity index (χ1v) is 5.51. The summed E-state index contributed by atoms with van der Waals surface area (Å²) < 4.78 is 0. The fourth-order valence-corrected chi connectivity index (χ4v) is 1.45. The van der Waals surface area contributed by atoms with Gasteiger partial charge in [0.1, 0.15) is 5.15 Å². The molecule has 0 bridgehead atoms. The number of carbonyl (C=O) groups is 1. The Morgan fingerprint density at radius 3 is 2.94 bits per heavy atom. The van der Waals surface area contributed by atoms with E-state index in [1.54, 1.807) is 6.07 Å². The molecule has 0 fully saturated rings. The van der Waals surface area contributed by atoms with Crippen LogP contribution in [-0.2, 0) is 4.79 Å². The number of aromatic nitrogens is 1. The predicted molar refractivity (Wildman–Crippen MR) is 66.3 cm³/mol. The molecule has 1 rings (SSSR count). The SMILES string of the molecule is CC(=O)NCCC=Cc1ccc(Cl)nc1C. The van der Waals surface area contributed by atoms with Crippen molar-refractivity contribution in [2.45, 2.75) is 20.3 Å². The minimum atomic E-state index is -0.00209. The van der Waals surface area contributed by atoms with Crippen molar-refractivity contribution in [1.29, 1.82) is 0 Å². The van der Waals surface area contributed by atoms with Gasteiger partial charge in [0.25, 0.3) is 0 Å². The highest BCUT2D eigenvalue weighted by atomic mass is 35.5. The molecule has 0 saturated heterocycles. The largest absolute Gasteiger partial charge is 0.356 e. The van der Waals surface area contributed by atoms with Crippen LogP contribution in [0.4, 0.5) is 0 Å². The lowest BCUT2D eigenvalue weighted by atomic mass is 10.2. The summed E-state index contributed by atoms with van der Waals surface area (Å²) in [5, 5.41) is 3.24. The van der Waals surface area contributed by atoms with E-state index in [1.165, 1.54) is 6.92 Å². The van der Waals surface area contributed by atoms with Crippen LogP contribution in [-0.4, -0.2) is 17.4 Å². The van der Waals surface area contributed by atoms with Gasteiger partial charge in [-0.1, -0.05) is 29.8 Å². The maximum atomic E-state index is 10.6. The van der Waals surface area contributed by atoms with Gasteiger partial charge >= 0.3 is 0 Å². The van der Waals surface area contributed by atoms with Crippen LogP contribution in [0.1, 0.15) is 24.6 Å². The Hall–Kier alpha value is -1.35. The lowest BCUT2D eigenvalue weighted by molar-refractivity contribution is -0.118. The normalized spacial score (nSPS) is 10.7. The van der Waals surface area contributed by atoms with Gasteiger partial charge in [-0.05, 0) is 25.0 Å². The van der Waals surface area contributed by atoms with Crippen LogP contribution in [0.15, 0.2) is 18.2 Å². The lowest BCUT2D eigenvalue weighted by Gasteiger charge is -2.00. The van der Waals surface area contributed by atoms with Crippen LogP contribution in [0, 0.1) is 6.92 Å². The first-order valence-electron chi connectivity index (χ1n) is 5.13. The molecule has 0 spiro atoms. The Labute approximate surface area is 101 Å². The third kappa shape index (κ3) is 4.45. The van der Waals surface area contributed by atoms with Gasteiger partial charge in [0.05, 0.1) is 0 Å². The van der Waals surface area contributed by atoms with Crippen LogP contribution in [0.3, 0.4) is 0 Å². The van der Waals surface area contributed by atoms with Gasteiger partial charge in [0.2, 0.25) is 5.91 Å². The number of rotatable bonds is 4. The third-order valence-electron chi connectivity index (χ3n) is 2.08. The van der Waals surface area contributed by atoms with Gasteiger partial charge in [-0.25, -0.2) is 4.98 Å². The molecule has 1 heterocycles. The molecule has 3 nitrogen and oxygen atoms in total. The fraction of sp³-hybridized carbons (Fsp3) is 0.333. The molecule has 0 unspecified atom stereocenters. The van der Waals surface area contributed by atoms with Crippen molar-refractivity contribution < 1.29 is 4.79 Å². The average molecular weight is 239 g/mol. The van der Waals surface area contributed by atoms with E-state index >= 15 is 0 Å². The Morgan fingerprint density at radius 2 is 2.31 bits per heavy atom. The molecule has 0 aliphatic heterocycles. The van der Waals surface area contributed by atoms with E-state index < -0.39 is 0 Å². The molecule has 1 amide bonds. The van der Waals surface area contributed by atoms with Crippen LogP contribution in [0.2, 0.25) is 5.15 Å². The van der Waals surface area contributed by atoms with Crippen molar-refractivity contribution >= 4 is 23.6 Å². The number of halogens is 1. The lowest BCUT2D eigenvalue weighted by Crippen LogP contribution is -2.20. The smallest absolute Gasteiger partial charge is 0.216 e. The number of nitrogens with zero attached hydrogens (tertiary/aromatic N) is 1. The average Bonchev–Trinajstić information content (AvgIpc) is 2.20. The molecule has 86 valence electrons. The Kier molecular flexibility index (Phi) is 4.99. The number of hydrogen-bond acceptors (Lipinski definition) is 2. The van der Waals surface area contributed by atoms with Crippen molar-refractivity contribution in [3.8, 4) is 0 Å². The summed E-state index contributed by atoms with van der Waals surface area (Å²) in [6.45, 7) is 4.09. The summed E-state index contributed by atoms with van der Waals surface area (Å²) in [5.74, 6) is -0.00209. The number of amides is 1. The number of aryl methyl sites for hydroxylation is 1. The van der Waals surface area contributed by atoms with Gasteiger partial charge in [0.15, 0.2) is 0 Å². The number of nitrogens with one attached hydrogen (secondary N) is 1. The van der Waals surface area contributed by atoms with Gasteiger partial charge in [-0.2, -0.15) is 0 Å². The van der Waals surface area contributed by atoms with Crippen molar-refractivity contribution in [2.24, 2.45) is 0 Å². The molecule has 0 aliphatic carbocycles. The Morgan fingerprint density at radius 1 is 1.56 bits per heavy atom. The molecule has 16 heavy (non-hydrogen) atoms. The second kappa shape index (κ2) is 6.28. The molecule has 1 aromatic heterocycles. The molecular formula is C12H15ClN2O. The molecule has 1 aromatic rings. The molecule has 0 saturated carbocycles. The maximum absolute atomic E-state index is 10.6. The van der Waals surface area contributed by atoms with E-state index in [4.69, 9.17) is 11.6 Å². The summed E-state index contributed by atoms with van der Waals surface area (Å²) in [5.41, 5.74) is 1.95. The highest BCUT2D eigenvalue weighted by Gasteiger charge is 1.96.